The van der Waals surface area contributed by atoms with Gasteiger partial charge < -0.3 is 11.5 Å². The zero-order chi connectivity index (χ0) is 6.41. The number of halogens is 1. The second-order valence-corrected chi connectivity index (χ2v) is 2.85. The Labute approximate surface area is 63.9 Å². The summed E-state index contributed by atoms with van der Waals surface area (Å²) in [4.78, 5) is 0. The second kappa shape index (κ2) is 5.74. The van der Waals surface area contributed by atoms with Crippen LogP contribution in [0.25, 0.3) is 0 Å². The first-order chi connectivity index (χ1) is 3.81. The van der Waals surface area contributed by atoms with Crippen LogP contribution in [-0.2, 0) is 0 Å². The highest BCUT2D eigenvalue weighted by Gasteiger charge is 1.92. The van der Waals surface area contributed by atoms with Crippen molar-refractivity contribution < 1.29 is 0 Å². The SMILES string of the molecule is NCCN(I)CCN. The van der Waals surface area contributed by atoms with Crippen molar-refractivity contribution in [3.63, 3.8) is 0 Å². The Bertz CT molecular complexity index is 44.5. The largest absolute Gasteiger partial charge is 0.329 e. The molecule has 0 aliphatic rings. The zero-order valence-electron chi connectivity index (χ0n) is 4.81. The lowest BCUT2D eigenvalue weighted by Gasteiger charge is -2.09. The zero-order valence-corrected chi connectivity index (χ0v) is 6.97. The third-order valence-electron chi connectivity index (χ3n) is 0.743. The molecule has 0 bridgehead atoms. The smallest absolute Gasteiger partial charge is 0.0205 e. The first-order valence-corrected chi connectivity index (χ1v) is 3.58. The molecule has 0 fully saturated rings. The van der Waals surface area contributed by atoms with Gasteiger partial charge >= 0.3 is 0 Å². The van der Waals surface area contributed by atoms with Gasteiger partial charge in [-0.1, -0.05) is 0 Å². The Morgan fingerprint density at radius 2 is 1.50 bits per heavy atom. The van der Waals surface area contributed by atoms with Crippen LogP contribution in [0.1, 0.15) is 0 Å². The maximum absolute atomic E-state index is 5.27. The normalized spacial score (nSPS) is 10.5. The van der Waals surface area contributed by atoms with Crippen molar-refractivity contribution in [2.45, 2.75) is 0 Å². The van der Waals surface area contributed by atoms with Crippen LogP contribution < -0.4 is 11.5 Å². The fraction of sp³-hybridized carbons (Fsp3) is 1.00. The minimum absolute atomic E-state index is 0.711. The summed E-state index contributed by atoms with van der Waals surface area (Å²) >= 11 is 2.21. The van der Waals surface area contributed by atoms with E-state index in [0.29, 0.717) is 13.1 Å². The minimum atomic E-state index is 0.711. The average molecular weight is 229 g/mol. The number of hydrogen-bond donors (Lipinski definition) is 2. The van der Waals surface area contributed by atoms with Crippen molar-refractivity contribution >= 4 is 22.9 Å². The summed E-state index contributed by atoms with van der Waals surface area (Å²) in [7, 11) is 0. The van der Waals surface area contributed by atoms with Gasteiger partial charge in [0.2, 0.25) is 0 Å². The van der Waals surface area contributed by atoms with Crippen molar-refractivity contribution in [3.05, 3.63) is 0 Å². The molecule has 0 atom stereocenters. The Hall–Kier alpha value is 0.610. The monoisotopic (exact) mass is 229 g/mol. The van der Waals surface area contributed by atoms with Gasteiger partial charge in [0.1, 0.15) is 0 Å². The van der Waals surface area contributed by atoms with Gasteiger partial charge in [-0.25, -0.2) is 3.11 Å². The molecule has 4 heteroatoms. The second-order valence-electron chi connectivity index (χ2n) is 1.49. The molecule has 0 aromatic rings. The van der Waals surface area contributed by atoms with Gasteiger partial charge in [0.15, 0.2) is 0 Å². The quantitative estimate of drug-likeness (QED) is 0.507. The molecule has 0 aromatic heterocycles. The van der Waals surface area contributed by atoms with E-state index in [-0.39, 0.29) is 0 Å². The third kappa shape index (κ3) is 4.76. The van der Waals surface area contributed by atoms with Gasteiger partial charge in [-0.15, -0.1) is 0 Å². The maximum atomic E-state index is 5.27. The van der Waals surface area contributed by atoms with Gasteiger partial charge in [-0.05, 0) is 0 Å². The molecule has 0 aliphatic heterocycles. The fourth-order valence-electron chi connectivity index (χ4n) is 0.392. The van der Waals surface area contributed by atoms with E-state index in [9.17, 15) is 0 Å². The minimum Gasteiger partial charge on any atom is -0.329 e. The lowest BCUT2D eigenvalue weighted by Crippen LogP contribution is -2.25. The standard InChI is InChI=1S/C4H12IN3/c5-8(3-1-6)4-2-7/h1-4,6-7H2. The highest BCUT2D eigenvalue weighted by molar-refractivity contribution is 14.1. The molecule has 0 aliphatic carbocycles. The molecule has 0 rings (SSSR count). The predicted octanol–water partition coefficient (Wildman–Crippen LogP) is -0.444. The average Bonchev–Trinajstić information content (AvgIpc) is 1.68. The van der Waals surface area contributed by atoms with Crippen molar-refractivity contribution in [2.24, 2.45) is 11.5 Å². The summed E-state index contributed by atoms with van der Waals surface area (Å²) < 4.78 is 2.08. The topological polar surface area (TPSA) is 55.3 Å². The molecule has 0 saturated heterocycles. The van der Waals surface area contributed by atoms with Crippen molar-refractivity contribution in [1.29, 1.82) is 0 Å². The van der Waals surface area contributed by atoms with E-state index in [1.807, 2.05) is 0 Å². The Morgan fingerprint density at radius 1 is 1.12 bits per heavy atom. The molecule has 0 radical (unpaired) electrons. The van der Waals surface area contributed by atoms with Gasteiger partial charge in [-0.3, -0.25) is 0 Å². The van der Waals surface area contributed by atoms with E-state index in [0.717, 1.165) is 13.1 Å². The summed E-state index contributed by atoms with van der Waals surface area (Å²) in [5.74, 6) is 0. The van der Waals surface area contributed by atoms with Gasteiger partial charge in [0, 0.05) is 49.0 Å². The van der Waals surface area contributed by atoms with Crippen LogP contribution in [-0.4, -0.2) is 29.3 Å². The number of nitrogens with two attached hydrogens (primary N) is 2. The van der Waals surface area contributed by atoms with Crippen LogP contribution in [0.5, 0.6) is 0 Å². The first-order valence-electron chi connectivity index (χ1n) is 2.62. The lowest BCUT2D eigenvalue weighted by molar-refractivity contribution is 0.529. The molecule has 50 valence electrons. The van der Waals surface area contributed by atoms with E-state index in [2.05, 4.69) is 26.0 Å². The molecular weight excluding hydrogens is 217 g/mol. The molecular formula is C4H12IN3. The first kappa shape index (κ1) is 8.61. The van der Waals surface area contributed by atoms with Crippen molar-refractivity contribution in [1.82, 2.24) is 3.11 Å². The molecule has 0 amide bonds. The molecule has 0 spiro atoms. The molecule has 4 N–H and O–H groups in total. The third-order valence-corrected chi connectivity index (χ3v) is 1.71. The molecule has 0 heterocycles. The highest BCUT2D eigenvalue weighted by atomic mass is 127. The fourth-order valence-corrected chi connectivity index (χ4v) is 0.949. The molecule has 3 nitrogen and oxygen atoms in total. The van der Waals surface area contributed by atoms with E-state index >= 15 is 0 Å². The van der Waals surface area contributed by atoms with Crippen molar-refractivity contribution in [3.8, 4) is 0 Å². The number of hydrogen-bond acceptors (Lipinski definition) is 3. The van der Waals surface area contributed by atoms with E-state index in [4.69, 9.17) is 11.5 Å². The molecule has 0 saturated carbocycles. The molecule has 0 unspecified atom stereocenters. The predicted molar refractivity (Wildman–Crippen MR) is 43.7 cm³/mol. The lowest BCUT2D eigenvalue weighted by atomic mass is 10.6. The van der Waals surface area contributed by atoms with Crippen LogP contribution >= 0.6 is 22.9 Å². The Balaban J connectivity index is 2.92. The van der Waals surface area contributed by atoms with Gasteiger partial charge in [0.05, 0.1) is 0 Å². The van der Waals surface area contributed by atoms with Gasteiger partial charge in [-0.2, -0.15) is 0 Å². The van der Waals surface area contributed by atoms with Crippen LogP contribution in [0.2, 0.25) is 0 Å². The summed E-state index contributed by atoms with van der Waals surface area (Å²) in [6.07, 6.45) is 0. The van der Waals surface area contributed by atoms with E-state index in [1.54, 1.807) is 0 Å². The summed E-state index contributed by atoms with van der Waals surface area (Å²) in [5.41, 5.74) is 10.5. The van der Waals surface area contributed by atoms with Gasteiger partial charge in [0.25, 0.3) is 0 Å². The summed E-state index contributed by atoms with van der Waals surface area (Å²) in [6, 6.07) is 0. The Kier molecular flexibility index (Phi) is 6.18. The van der Waals surface area contributed by atoms with E-state index in [1.165, 1.54) is 0 Å². The highest BCUT2D eigenvalue weighted by Crippen LogP contribution is 1.93. The van der Waals surface area contributed by atoms with E-state index < -0.39 is 0 Å². The number of rotatable bonds is 4. The van der Waals surface area contributed by atoms with Crippen LogP contribution in [0, 0.1) is 0 Å². The van der Waals surface area contributed by atoms with Crippen molar-refractivity contribution in [2.75, 3.05) is 26.2 Å². The summed E-state index contributed by atoms with van der Waals surface area (Å²) in [5, 5.41) is 0. The summed E-state index contributed by atoms with van der Waals surface area (Å²) in [6.45, 7) is 3.28. The Morgan fingerprint density at radius 3 is 1.75 bits per heavy atom. The van der Waals surface area contributed by atoms with Crippen LogP contribution in [0.15, 0.2) is 0 Å². The maximum Gasteiger partial charge on any atom is 0.0205 e. The molecule has 0 aromatic carbocycles. The molecule has 8 heavy (non-hydrogen) atoms. The van der Waals surface area contributed by atoms with Crippen LogP contribution in [0.3, 0.4) is 0 Å². The number of nitrogens with zero attached hydrogens (tertiary/aromatic N) is 1. The van der Waals surface area contributed by atoms with Crippen LogP contribution in [0.4, 0.5) is 0 Å².